The molecule has 1 aromatic heterocycles. The van der Waals surface area contributed by atoms with Crippen LogP contribution in [0.2, 0.25) is 0 Å². The molecule has 1 saturated heterocycles. The molecular weight excluding hydrogens is 380 g/mol. The Hall–Kier alpha value is -2.25. The Balaban J connectivity index is 1.93. The van der Waals surface area contributed by atoms with Gasteiger partial charge in [0.2, 0.25) is 0 Å². The molecule has 1 aliphatic rings. The van der Waals surface area contributed by atoms with Gasteiger partial charge in [-0.25, -0.2) is 0 Å². The molecular formula is C20H22N2O3S2. The van der Waals surface area contributed by atoms with Crippen LogP contribution in [-0.4, -0.2) is 28.1 Å². The number of aryl methyl sites for hydroxylation is 2. The first kappa shape index (κ1) is 19.5. The highest BCUT2D eigenvalue weighted by atomic mass is 32.2. The van der Waals surface area contributed by atoms with Gasteiger partial charge in [0.15, 0.2) is 15.8 Å². The van der Waals surface area contributed by atoms with E-state index in [4.69, 9.17) is 21.7 Å². The Morgan fingerprint density at radius 3 is 2.30 bits per heavy atom. The van der Waals surface area contributed by atoms with Crippen LogP contribution in [0.3, 0.4) is 0 Å². The predicted octanol–water partition coefficient (Wildman–Crippen LogP) is 4.44. The molecule has 0 unspecified atom stereocenters. The number of aromatic nitrogens is 1. The van der Waals surface area contributed by atoms with Crippen LogP contribution in [0.5, 0.6) is 11.5 Å². The Bertz CT molecular complexity index is 898. The summed E-state index contributed by atoms with van der Waals surface area (Å²) >= 11 is 6.76. The molecule has 2 heterocycles. The molecule has 7 heteroatoms. The van der Waals surface area contributed by atoms with Crippen molar-refractivity contribution in [3.8, 4) is 11.5 Å². The van der Waals surface area contributed by atoms with Crippen molar-refractivity contribution in [2.75, 3.05) is 18.2 Å². The summed E-state index contributed by atoms with van der Waals surface area (Å²) in [6.45, 7) is 8.87. The molecule has 3 rings (SSSR count). The molecule has 0 N–H and O–H groups in total. The smallest absolute Gasteiger partial charge is 0.285 e. The van der Waals surface area contributed by atoms with E-state index in [2.05, 4.69) is 0 Å². The van der Waals surface area contributed by atoms with Crippen LogP contribution >= 0.6 is 24.0 Å². The van der Waals surface area contributed by atoms with Gasteiger partial charge in [0, 0.05) is 11.4 Å². The third-order valence-electron chi connectivity index (χ3n) is 4.07. The first-order valence-electron chi connectivity index (χ1n) is 8.79. The van der Waals surface area contributed by atoms with Gasteiger partial charge in [-0.1, -0.05) is 17.8 Å². The number of benzene rings is 1. The molecule has 27 heavy (non-hydrogen) atoms. The molecule has 1 aromatic carbocycles. The van der Waals surface area contributed by atoms with Crippen molar-refractivity contribution in [3.63, 3.8) is 0 Å². The topological polar surface area (TPSA) is 43.7 Å². The third kappa shape index (κ3) is 3.89. The monoisotopic (exact) mass is 402 g/mol. The molecule has 2 aromatic rings. The summed E-state index contributed by atoms with van der Waals surface area (Å²) in [7, 11) is 0. The van der Waals surface area contributed by atoms with Crippen molar-refractivity contribution in [2.45, 2.75) is 27.7 Å². The average Bonchev–Trinajstić information content (AvgIpc) is 3.09. The number of rotatable bonds is 6. The molecule has 1 fully saturated rings. The van der Waals surface area contributed by atoms with E-state index in [0.29, 0.717) is 33.9 Å². The number of amides is 1. The van der Waals surface area contributed by atoms with E-state index < -0.39 is 0 Å². The lowest BCUT2D eigenvalue weighted by molar-refractivity contribution is -0.114. The van der Waals surface area contributed by atoms with Crippen LogP contribution in [0.15, 0.2) is 35.2 Å². The molecule has 0 aliphatic carbocycles. The Kier molecular flexibility index (Phi) is 5.92. The minimum atomic E-state index is -0.126. The number of thioether (sulfide) groups is 1. The summed E-state index contributed by atoms with van der Waals surface area (Å²) in [6, 6.07) is 9.59. The van der Waals surface area contributed by atoms with Crippen LogP contribution < -0.4 is 14.5 Å². The first-order chi connectivity index (χ1) is 13.0. The number of nitrogens with zero attached hydrogens (tertiary/aromatic N) is 2. The van der Waals surface area contributed by atoms with Crippen LogP contribution in [0.4, 0.5) is 0 Å². The zero-order chi connectivity index (χ0) is 19.6. The lowest BCUT2D eigenvalue weighted by atomic mass is 10.2. The molecule has 0 saturated carbocycles. The maximum atomic E-state index is 13.0. The van der Waals surface area contributed by atoms with Crippen molar-refractivity contribution in [3.05, 3.63) is 52.2 Å². The van der Waals surface area contributed by atoms with Crippen LogP contribution in [0, 0.1) is 13.8 Å². The number of thiocarbonyl (C=S) groups is 1. The van der Waals surface area contributed by atoms with Crippen LogP contribution in [-0.2, 0) is 4.79 Å². The number of carbonyl (C=O) groups excluding carboxylic acids is 1. The fourth-order valence-corrected chi connectivity index (χ4v) is 4.16. The maximum absolute atomic E-state index is 13.0. The quantitative estimate of drug-likeness (QED) is 0.528. The number of hydrogen-bond acceptors (Lipinski definition) is 5. The average molecular weight is 403 g/mol. The zero-order valence-electron chi connectivity index (χ0n) is 15.8. The summed E-state index contributed by atoms with van der Waals surface area (Å²) in [5, 5.41) is 1.55. The van der Waals surface area contributed by atoms with Gasteiger partial charge in [-0.2, -0.15) is 5.01 Å². The van der Waals surface area contributed by atoms with Crippen molar-refractivity contribution >= 4 is 40.3 Å². The summed E-state index contributed by atoms with van der Waals surface area (Å²) in [5.41, 5.74) is 2.79. The molecule has 142 valence electrons. The Labute approximate surface area is 168 Å². The van der Waals surface area contributed by atoms with Gasteiger partial charge >= 0.3 is 0 Å². The van der Waals surface area contributed by atoms with E-state index in [0.717, 1.165) is 17.0 Å². The second-order valence-electron chi connectivity index (χ2n) is 5.99. The fraction of sp³-hybridized carbons (Fsp3) is 0.300. The van der Waals surface area contributed by atoms with Crippen molar-refractivity contribution in [1.29, 1.82) is 0 Å². The summed E-state index contributed by atoms with van der Waals surface area (Å²) in [4.78, 5) is 13.6. The Morgan fingerprint density at radius 2 is 1.67 bits per heavy atom. The highest BCUT2D eigenvalue weighted by Crippen LogP contribution is 2.35. The minimum Gasteiger partial charge on any atom is -0.490 e. The van der Waals surface area contributed by atoms with Gasteiger partial charge in [-0.15, -0.1) is 0 Å². The molecule has 5 nitrogen and oxygen atoms in total. The summed E-state index contributed by atoms with van der Waals surface area (Å²) in [6.07, 6.45) is 1.84. The third-order valence-corrected chi connectivity index (χ3v) is 5.36. The lowest BCUT2D eigenvalue weighted by Gasteiger charge is -2.20. The number of ether oxygens (including phenoxy) is 2. The van der Waals surface area contributed by atoms with E-state index in [-0.39, 0.29) is 5.91 Å². The second-order valence-corrected chi connectivity index (χ2v) is 7.67. The van der Waals surface area contributed by atoms with E-state index in [1.807, 2.05) is 68.8 Å². The normalized spacial score (nSPS) is 15.7. The molecule has 1 aliphatic heterocycles. The summed E-state index contributed by atoms with van der Waals surface area (Å²) < 4.78 is 13.6. The molecule has 0 atom stereocenters. The van der Waals surface area contributed by atoms with Gasteiger partial charge in [0.05, 0.1) is 18.1 Å². The molecule has 0 bridgehead atoms. The number of carbonyl (C=O) groups is 1. The van der Waals surface area contributed by atoms with E-state index in [1.54, 1.807) is 5.01 Å². The SMILES string of the molecule is CCOc1ccc(/C=C2/SC(=S)N(n3c(C)ccc3C)C2=O)cc1OCC. The Morgan fingerprint density at radius 1 is 1.04 bits per heavy atom. The van der Waals surface area contributed by atoms with Gasteiger partial charge in [-0.3, -0.25) is 9.47 Å². The fourth-order valence-electron chi connectivity index (χ4n) is 2.92. The van der Waals surface area contributed by atoms with Crippen LogP contribution in [0.1, 0.15) is 30.8 Å². The van der Waals surface area contributed by atoms with Crippen LogP contribution in [0.25, 0.3) is 6.08 Å². The van der Waals surface area contributed by atoms with E-state index in [1.165, 1.54) is 11.8 Å². The first-order valence-corrected chi connectivity index (χ1v) is 10.0. The standard InChI is InChI=1S/C20H22N2O3S2/c1-5-24-16-10-9-15(11-17(16)25-6-2)12-18-19(23)22(20(26)27-18)21-13(3)7-8-14(21)4/h7-12H,5-6H2,1-4H3/b18-12+. The van der Waals surface area contributed by atoms with Gasteiger partial charge in [-0.05, 0) is 75.8 Å². The molecule has 1 amide bonds. The second kappa shape index (κ2) is 8.19. The predicted molar refractivity (Wildman–Crippen MR) is 114 cm³/mol. The van der Waals surface area contributed by atoms with Crippen molar-refractivity contribution in [1.82, 2.24) is 4.68 Å². The minimum absolute atomic E-state index is 0.126. The van der Waals surface area contributed by atoms with Gasteiger partial charge in [0.1, 0.15) is 0 Å². The summed E-state index contributed by atoms with van der Waals surface area (Å²) in [5.74, 6) is 1.24. The van der Waals surface area contributed by atoms with Crippen molar-refractivity contribution < 1.29 is 14.3 Å². The molecule has 0 spiro atoms. The highest BCUT2D eigenvalue weighted by molar-refractivity contribution is 8.27. The van der Waals surface area contributed by atoms with Gasteiger partial charge < -0.3 is 9.47 Å². The van der Waals surface area contributed by atoms with Gasteiger partial charge in [0.25, 0.3) is 5.91 Å². The van der Waals surface area contributed by atoms with E-state index in [9.17, 15) is 4.79 Å². The highest BCUT2D eigenvalue weighted by Gasteiger charge is 2.34. The maximum Gasteiger partial charge on any atom is 0.285 e. The van der Waals surface area contributed by atoms with Crippen molar-refractivity contribution in [2.24, 2.45) is 0 Å². The zero-order valence-corrected chi connectivity index (χ0v) is 17.4. The number of hydrogen-bond donors (Lipinski definition) is 0. The lowest BCUT2D eigenvalue weighted by Crippen LogP contribution is -2.39. The largest absolute Gasteiger partial charge is 0.490 e. The van der Waals surface area contributed by atoms with E-state index >= 15 is 0 Å². The molecule has 0 radical (unpaired) electrons.